The van der Waals surface area contributed by atoms with Crippen LogP contribution in [0.15, 0.2) is 12.2 Å². The second kappa shape index (κ2) is 3500. The van der Waals surface area contributed by atoms with Crippen LogP contribution in [0.1, 0.15) is 408 Å². The van der Waals surface area contributed by atoms with E-state index in [9.17, 15) is 4.79 Å². The first kappa shape index (κ1) is 392. The van der Waals surface area contributed by atoms with E-state index in [1.54, 1.807) is 21.0 Å². The Balaban J connectivity index is -0.00000000421. The van der Waals surface area contributed by atoms with Gasteiger partial charge in [0, 0.05) is 71.5 Å². The van der Waals surface area contributed by atoms with Gasteiger partial charge in [-0.3, -0.25) is 0 Å². The second-order valence-electron chi connectivity index (χ2n) is 2.67. The van der Waals surface area contributed by atoms with E-state index in [4.69, 9.17) is 4.91 Å². The molecule has 0 aromatic rings. The molecule has 0 aliphatic rings. The van der Waals surface area contributed by atoms with Crippen LogP contribution in [-0.2, 0) is 19.4 Å². The van der Waals surface area contributed by atoms with Gasteiger partial charge in [0.25, 0.3) is 0 Å². The summed E-state index contributed by atoms with van der Waals surface area (Å²) in [4.78, 5) is 21.2. The molecule has 0 bridgehead atoms. The number of hydrogen-bond acceptors (Lipinski definition) is 5. The molecule has 0 aromatic carbocycles. The van der Waals surface area contributed by atoms with Crippen molar-refractivity contribution in [1.82, 2.24) is 20.8 Å². The molecule has 0 saturated carbocycles. The van der Waals surface area contributed by atoms with Crippen LogP contribution in [0.4, 0.5) is 4.79 Å². The van der Waals surface area contributed by atoms with E-state index < -0.39 is 0 Å². The molecule has 0 heterocycles. The molecule has 0 spiro atoms. The predicted molar refractivity (Wildman–Crippen MR) is 455 cm³/mol. The predicted octanol–water partition coefficient (Wildman–Crippen LogP) is 27.0. The fraction of sp³-hybridized carbons (Fsp3) is 0.926. The quantitative estimate of drug-likeness (QED) is 0.0771. The zero-order valence-electron chi connectivity index (χ0n) is 61.5. The normalized spacial score (nSPS) is 3.29. The first-order chi connectivity index (χ1) is 31.9. The number of nitrogens with zero attached hydrogens (tertiary/aromatic N) is 1. The Labute approximate surface area is 579 Å². The van der Waals surface area contributed by atoms with Gasteiger partial charge in [-0.15, -0.1) is 0 Å². The third kappa shape index (κ3) is 9780. The van der Waals surface area contributed by atoms with Crippen molar-refractivity contribution < 1.29 is 24.1 Å². The Kier molecular flexibility index (Phi) is 16500. The van der Waals surface area contributed by atoms with Gasteiger partial charge in [0.1, 0.15) is 0 Å². The standard InChI is InChI=1S/C4H8.C3H8N2O.C3H7N.C2H4NO.21C2H6.2CH5N.12CH4.6B.W/c1-3-4-2;1-4-3(6)5-2;1-3-4-2;1-2-3-4;23*1-2;;;;;;;;;;;;;;;;;;;/h3-4H,1-2H3;1-2H3,(H2,4,5,6);4H,1-2H3;2H,1H3;21*1-2H3;2*2H2,1H3;12*1H4;;;;;;;/q;;;+1;;;;;;;;;;;;;;;;;;;;;;;;;;;;;;;;;;;;;;;;;;. The van der Waals surface area contributed by atoms with Crippen LogP contribution in [0, 0.1) is 4.91 Å². The molecule has 2 amide bonds. The molecule has 0 saturated heterocycles. The van der Waals surface area contributed by atoms with Crippen molar-refractivity contribution in [3.63, 3.8) is 0 Å². The van der Waals surface area contributed by atoms with Crippen molar-refractivity contribution >= 4 is 66.7 Å². The molecule has 0 atom stereocenters. The molecule has 0 unspecified atom stereocenters. The van der Waals surface area contributed by atoms with Crippen LogP contribution in [0.3, 0.4) is 0 Å². The summed E-state index contributed by atoms with van der Waals surface area (Å²) in [6.07, 6.45) is 5.19. The summed E-state index contributed by atoms with van der Waals surface area (Å²) in [5, 5.41) is 7.71. The van der Waals surface area contributed by atoms with Gasteiger partial charge >= 0.3 is 54.9 Å². The van der Waals surface area contributed by atoms with Gasteiger partial charge in [0.05, 0.1) is 0 Å². The zero-order chi connectivity index (χ0) is 62.1. The number of rotatable bonds is 1. The molecule has 15 heteroatoms. The fourth-order valence-corrected chi connectivity index (χ4v) is 0.125. The fourth-order valence-electron chi connectivity index (χ4n) is 0.125. The number of carbonyl (C=O) groups excluding carboxylic acids is 1. The molecular formula is C68H211B6N6O2W+. The van der Waals surface area contributed by atoms with Crippen LogP contribution in [0.25, 0.3) is 0 Å². The maximum Gasteiger partial charge on any atom is 0 e. The summed E-state index contributed by atoms with van der Waals surface area (Å²) in [6.45, 7) is 91.6. The first-order valence-electron chi connectivity index (χ1n) is 27.8. The van der Waals surface area contributed by atoms with Gasteiger partial charge in [-0.1, -0.05) is 392 Å². The van der Waals surface area contributed by atoms with E-state index >= 15 is 0 Å². The Hall–Kier alpha value is -0.782. The van der Waals surface area contributed by atoms with Crippen molar-refractivity contribution in [3.05, 3.63) is 17.1 Å². The summed E-state index contributed by atoms with van der Waals surface area (Å²) in [6, 6.07) is -0.157. The van der Waals surface area contributed by atoms with Crippen molar-refractivity contribution in [2.75, 3.05) is 35.2 Å². The van der Waals surface area contributed by atoms with Crippen LogP contribution in [-0.4, -0.2) is 102 Å². The summed E-state index contributed by atoms with van der Waals surface area (Å²) >= 11 is 1.52. The van der Waals surface area contributed by atoms with Crippen LogP contribution in [0.5, 0.6) is 0 Å². The monoisotopic (exact) mass is 1390 g/mol. The Morgan fingerprint density at radius 1 is 0.289 bits per heavy atom. The molecule has 8 nitrogen and oxygen atoms in total. The maximum atomic E-state index is 9.96. The number of amides is 2. The molecular weight excluding hydrogens is 1180 g/mol. The Morgan fingerprint density at radius 3 is 0.349 bits per heavy atom. The Morgan fingerprint density at radius 2 is 0.349 bits per heavy atom. The minimum Gasteiger partial charge on any atom is 0 e. The number of nitrogens with one attached hydrogen (secondary N) is 3. The summed E-state index contributed by atoms with van der Waals surface area (Å²) < 4.78 is 1.34. The van der Waals surface area contributed by atoms with E-state index in [2.05, 4.69) is 39.2 Å². The van der Waals surface area contributed by atoms with Gasteiger partial charge in [0.2, 0.25) is 4.85 Å². The topological polar surface area (TPSA) is 136 Å². The van der Waals surface area contributed by atoms with Gasteiger partial charge in [0.15, 0.2) is 4.91 Å². The van der Waals surface area contributed by atoms with E-state index in [0.29, 0.717) is 0 Å². The SMILES string of the molecule is C.C.C.C.C.C.C.C.C.C.C.C.CC.CC.CC.CC.CC.CC.CC.CC.CC.CC.CC.CC.CC.CC.CC.CC.CC.CC.CC.CC.CC.CC=CC.CC=[N+]=O.CN.CN.CNC(=O)NC.CN[C](C)=[W].[B].[B].[B].[B].[B].[B]. The summed E-state index contributed by atoms with van der Waals surface area (Å²) in [5.41, 5.74) is 9.00. The van der Waals surface area contributed by atoms with E-state index in [0.717, 1.165) is 0 Å². The molecule has 0 fully saturated rings. The number of nitroso groups, excluding NO2 is 1. The molecule has 0 rings (SSSR count). The molecule has 18 radical (unpaired) electrons. The third-order valence-corrected chi connectivity index (χ3v) is 1.98. The van der Waals surface area contributed by atoms with Crippen molar-refractivity contribution in [2.45, 2.75) is 408 Å². The van der Waals surface area contributed by atoms with Gasteiger partial charge < -0.3 is 22.1 Å². The van der Waals surface area contributed by atoms with E-state index in [1.165, 1.54) is 43.7 Å². The average Bonchev–Trinajstić information content (AvgIpc) is 3.50. The zero-order valence-corrected chi connectivity index (χ0v) is 64.5. The van der Waals surface area contributed by atoms with Crippen LogP contribution in [0.2, 0.25) is 0 Å². The number of nitrogens with two attached hydrogens (primary N) is 2. The number of urea groups is 1. The Bertz CT molecular complexity index is 319. The minimum absolute atomic E-state index is 0. The molecule has 7 N–H and O–H groups in total. The van der Waals surface area contributed by atoms with Crippen molar-refractivity contribution in [1.29, 1.82) is 0 Å². The summed E-state index contributed by atoms with van der Waals surface area (Å²) in [5.74, 6) is 0. The van der Waals surface area contributed by atoms with Crippen LogP contribution < -0.4 is 32.3 Å². The molecule has 0 aliphatic carbocycles. The average molecular weight is 1390 g/mol. The van der Waals surface area contributed by atoms with Gasteiger partial charge in [-0.2, -0.15) is 0 Å². The molecule has 0 aromatic heterocycles. The van der Waals surface area contributed by atoms with Crippen LogP contribution >= 0.6 is 0 Å². The maximum absolute atomic E-state index is 9.96. The number of hydrogen-bond donors (Lipinski definition) is 5. The van der Waals surface area contributed by atoms with Gasteiger partial charge in [-0.25, -0.2) is 4.79 Å². The minimum atomic E-state index is -0.157. The number of allylic oxidation sites excluding steroid dienone is 2. The van der Waals surface area contributed by atoms with E-state index in [1.807, 2.05) is 324 Å². The first-order valence-corrected chi connectivity index (χ1v) is 29.3. The van der Waals surface area contributed by atoms with Gasteiger partial charge in [-0.05, 0) is 27.9 Å². The second-order valence-corrected chi connectivity index (χ2v) is 4.87. The molecule has 548 valence electrons. The molecule has 83 heavy (non-hydrogen) atoms. The largest absolute Gasteiger partial charge is 0 e. The van der Waals surface area contributed by atoms with Crippen molar-refractivity contribution in [3.8, 4) is 0 Å². The third-order valence-electron chi connectivity index (χ3n) is 1.24. The molecule has 0 aliphatic heterocycles. The number of carbonyl (C=O) groups is 1. The van der Waals surface area contributed by atoms with E-state index in [-0.39, 0.29) is 146 Å². The summed E-state index contributed by atoms with van der Waals surface area (Å²) in [7, 11) is 8.07. The van der Waals surface area contributed by atoms with Crippen molar-refractivity contribution in [2.24, 2.45) is 11.5 Å². The smallest absolute Gasteiger partial charge is 0 e.